The second-order valence-corrected chi connectivity index (χ2v) is 6.23. The number of hydrogen-bond donors (Lipinski definition) is 0. The van der Waals surface area contributed by atoms with Crippen molar-refractivity contribution in [2.75, 3.05) is 0 Å². The highest BCUT2D eigenvalue weighted by Gasteiger charge is 3.00. The predicted molar refractivity (Wildman–Crippen MR) is 41.8 cm³/mol. The van der Waals surface area contributed by atoms with Gasteiger partial charge in [-0.15, -0.1) is 0 Å². The van der Waals surface area contributed by atoms with E-state index in [-0.39, 0.29) is 0 Å². The minimum atomic E-state index is 0.889. The van der Waals surface area contributed by atoms with Crippen molar-refractivity contribution in [2.45, 2.75) is 20.3 Å². The first-order valence-electron chi connectivity index (χ1n) is 5.22. The molecule has 0 heteroatoms. The van der Waals surface area contributed by atoms with E-state index >= 15 is 0 Å². The van der Waals surface area contributed by atoms with Gasteiger partial charge in [-0.2, -0.15) is 0 Å². The average molecular weight is 146 g/mol. The van der Waals surface area contributed by atoms with Crippen molar-refractivity contribution in [1.82, 2.24) is 0 Å². The fourth-order valence-corrected chi connectivity index (χ4v) is 7.13. The fraction of sp³-hybridized carbons (Fsp3) is 1.00. The lowest BCUT2D eigenvalue weighted by atomic mass is 9.08. The monoisotopic (exact) mass is 146 g/mol. The van der Waals surface area contributed by atoms with Gasteiger partial charge in [-0.3, -0.25) is 0 Å². The van der Waals surface area contributed by atoms with Gasteiger partial charge in [-0.1, -0.05) is 13.8 Å². The van der Waals surface area contributed by atoms with E-state index in [0.29, 0.717) is 0 Å². The van der Waals surface area contributed by atoms with Gasteiger partial charge in [0.25, 0.3) is 0 Å². The van der Waals surface area contributed by atoms with Crippen LogP contribution >= 0.6 is 0 Å². The quantitative estimate of drug-likeness (QED) is 0.491. The normalized spacial score (nSPS) is 96.5. The van der Waals surface area contributed by atoms with Crippen LogP contribution in [0.3, 0.4) is 0 Å². The van der Waals surface area contributed by atoms with Crippen molar-refractivity contribution < 1.29 is 0 Å². The summed E-state index contributed by atoms with van der Waals surface area (Å²) < 4.78 is 0. The van der Waals surface area contributed by atoms with Crippen LogP contribution in [0.25, 0.3) is 0 Å². The van der Waals surface area contributed by atoms with Gasteiger partial charge >= 0.3 is 0 Å². The van der Waals surface area contributed by atoms with Gasteiger partial charge in [0.15, 0.2) is 0 Å². The molecule has 0 radical (unpaired) electrons. The van der Waals surface area contributed by atoms with Crippen LogP contribution in [0.1, 0.15) is 20.3 Å². The molecule has 0 N–H and O–H groups in total. The maximum atomic E-state index is 2.59. The summed E-state index contributed by atoms with van der Waals surface area (Å²) in [5.41, 5.74) is 1.78. The Bertz CT molecular complexity index is 253. The SMILES string of the molecule is CC12[C@@H]3C4CC5[C@H]3C1(C)[C@H]5[C@@H]42. The Morgan fingerprint density at radius 2 is 1.18 bits per heavy atom. The molecule has 11 heavy (non-hydrogen) atoms. The first kappa shape index (κ1) is 4.89. The first-order valence-corrected chi connectivity index (χ1v) is 5.22. The molecular formula is C11H14. The third-order valence-corrected chi connectivity index (χ3v) is 7.09. The largest absolute Gasteiger partial charge is 0.0585 e. The summed E-state index contributed by atoms with van der Waals surface area (Å²) in [6, 6.07) is 0. The van der Waals surface area contributed by atoms with Crippen LogP contribution in [0.4, 0.5) is 0 Å². The van der Waals surface area contributed by atoms with Gasteiger partial charge in [-0.25, -0.2) is 0 Å². The van der Waals surface area contributed by atoms with Crippen molar-refractivity contribution in [1.29, 1.82) is 0 Å². The van der Waals surface area contributed by atoms with Gasteiger partial charge in [0.1, 0.15) is 0 Å². The lowest BCUT2D eigenvalue weighted by molar-refractivity contribution is -0.498. The van der Waals surface area contributed by atoms with Crippen molar-refractivity contribution in [3.63, 3.8) is 0 Å². The summed E-state index contributed by atoms with van der Waals surface area (Å²) in [6.45, 7) is 5.18. The van der Waals surface area contributed by atoms with Crippen LogP contribution in [0.2, 0.25) is 0 Å². The molecule has 2 bridgehead atoms. The molecule has 6 rings (SSSR count). The van der Waals surface area contributed by atoms with Crippen LogP contribution in [0.15, 0.2) is 0 Å². The van der Waals surface area contributed by atoms with Crippen LogP contribution in [-0.4, -0.2) is 0 Å². The van der Waals surface area contributed by atoms with Crippen LogP contribution < -0.4 is 0 Å². The number of rotatable bonds is 0. The lowest BCUT2D eigenvalue weighted by Crippen LogP contribution is -2.93. The Morgan fingerprint density at radius 1 is 0.818 bits per heavy atom. The Balaban J connectivity index is 1.89. The topological polar surface area (TPSA) is 0 Å². The Hall–Kier alpha value is 0. The molecule has 0 amide bonds. The van der Waals surface area contributed by atoms with Gasteiger partial charge in [0.2, 0.25) is 0 Å². The molecule has 0 aromatic rings. The van der Waals surface area contributed by atoms with E-state index in [1.54, 1.807) is 6.42 Å². The molecule has 0 heterocycles. The van der Waals surface area contributed by atoms with Crippen LogP contribution in [-0.2, 0) is 0 Å². The summed E-state index contributed by atoms with van der Waals surface area (Å²) in [5.74, 6) is 7.39. The van der Waals surface area contributed by atoms with Crippen LogP contribution in [0, 0.1) is 46.3 Å². The summed E-state index contributed by atoms with van der Waals surface area (Å²) in [5, 5.41) is 0. The molecule has 6 fully saturated rings. The summed E-state index contributed by atoms with van der Waals surface area (Å²) in [7, 11) is 0. The molecule has 4 atom stereocenters. The zero-order valence-corrected chi connectivity index (χ0v) is 7.17. The highest BCUT2D eigenvalue weighted by molar-refractivity contribution is 5.47. The Morgan fingerprint density at radius 3 is 1.55 bits per heavy atom. The van der Waals surface area contributed by atoms with E-state index in [2.05, 4.69) is 13.8 Å². The lowest BCUT2D eigenvalue weighted by Gasteiger charge is -2.96. The standard InChI is InChI=1S/C11H14/c1-10-6-4-3-5-8(6)11(10,2)9(5)7(4)10/h4-9H,3H2,1-2H3/t4?,5?,6-,7-,8-,9-,10?,11?/m1/s1. The van der Waals surface area contributed by atoms with Crippen LogP contribution in [0.5, 0.6) is 0 Å². The van der Waals surface area contributed by atoms with Gasteiger partial charge in [0.05, 0.1) is 0 Å². The molecule has 0 spiro atoms. The second kappa shape index (κ2) is 0.843. The van der Waals surface area contributed by atoms with E-state index in [0.717, 1.165) is 10.8 Å². The van der Waals surface area contributed by atoms with Crippen molar-refractivity contribution >= 4 is 0 Å². The summed E-state index contributed by atoms with van der Waals surface area (Å²) >= 11 is 0. The molecule has 0 unspecified atom stereocenters. The van der Waals surface area contributed by atoms with Crippen molar-refractivity contribution in [2.24, 2.45) is 46.3 Å². The van der Waals surface area contributed by atoms with Gasteiger partial charge in [-0.05, 0) is 52.8 Å². The van der Waals surface area contributed by atoms with E-state index in [4.69, 9.17) is 0 Å². The molecule has 6 aliphatic rings. The molecule has 0 aliphatic heterocycles. The maximum absolute atomic E-state index is 2.59. The third-order valence-electron chi connectivity index (χ3n) is 7.09. The van der Waals surface area contributed by atoms with Gasteiger partial charge < -0.3 is 0 Å². The highest BCUT2D eigenvalue weighted by Crippen LogP contribution is 3.04. The molecule has 0 nitrogen and oxygen atoms in total. The molecule has 58 valence electrons. The Kier molecular flexibility index (Phi) is 0.375. The van der Waals surface area contributed by atoms with Gasteiger partial charge in [0, 0.05) is 0 Å². The summed E-state index contributed by atoms with van der Waals surface area (Å²) in [6.07, 6.45) is 1.65. The molecule has 0 saturated heterocycles. The third kappa shape index (κ3) is 0.172. The fourth-order valence-electron chi connectivity index (χ4n) is 7.13. The molecule has 0 aromatic carbocycles. The smallest absolute Gasteiger partial charge is 0.0198 e. The molecule has 0 aromatic heterocycles. The molecular weight excluding hydrogens is 132 g/mol. The predicted octanol–water partition coefficient (Wildman–Crippen LogP) is 2.15. The van der Waals surface area contributed by atoms with E-state index in [1.165, 1.54) is 35.5 Å². The zero-order chi connectivity index (χ0) is 7.17. The maximum Gasteiger partial charge on any atom is -0.0198 e. The first-order chi connectivity index (χ1) is 5.22. The van der Waals surface area contributed by atoms with E-state index < -0.39 is 0 Å². The van der Waals surface area contributed by atoms with Crippen molar-refractivity contribution in [3.8, 4) is 0 Å². The number of hydrogen-bond acceptors (Lipinski definition) is 0. The second-order valence-electron chi connectivity index (χ2n) is 6.23. The van der Waals surface area contributed by atoms with E-state index in [9.17, 15) is 0 Å². The minimum absolute atomic E-state index is 0.889. The highest BCUT2D eigenvalue weighted by atomic mass is 15.0. The molecule has 6 saturated carbocycles. The zero-order valence-electron chi connectivity index (χ0n) is 7.17. The Labute approximate surface area is 67.4 Å². The minimum Gasteiger partial charge on any atom is -0.0585 e. The summed E-state index contributed by atoms with van der Waals surface area (Å²) in [4.78, 5) is 0. The van der Waals surface area contributed by atoms with E-state index in [1.807, 2.05) is 0 Å². The van der Waals surface area contributed by atoms with Crippen molar-refractivity contribution in [3.05, 3.63) is 0 Å². The average Bonchev–Trinajstić information content (AvgIpc) is 2.40. The molecule has 6 aliphatic carbocycles.